The molecule has 1 unspecified atom stereocenters. The first-order valence-corrected chi connectivity index (χ1v) is 15.2. The number of benzene rings is 2. The van der Waals surface area contributed by atoms with E-state index in [-0.39, 0.29) is 35.6 Å². The molecular weight excluding hydrogens is 592 g/mol. The molecule has 0 saturated heterocycles. The van der Waals surface area contributed by atoms with E-state index < -0.39 is 58.0 Å². The van der Waals surface area contributed by atoms with E-state index >= 15 is 0 Å². The maximum atomic E-state index is 14.1. The zero-order valence-electron chi connectivity index (χ0n) is 26.3. The maximum Gasteiger partial charge on any atom is 0.255 e. The highest BCUT2D eigenvalue weighted by Gasteiger charge is 2.64. The molecule has 2 amide bonds. The van der Waals surface area contributed by atoms with Gasteiger partial charge in [-0.1, -0.05) is 18.2 Å². The van der Waals surface area contributed by atoms with Crippen molar-refractivity contribution < 1.29 is 39.6 Å². The van der Waals surface area contributed by atoms with Crippen molar-refractivity contribution in [2.75, 3.05) is 41.3 Å². The molecule has 0 radical (unpaired) electrons. The number of nitrogens with zero attached hydrogens (tertiary/aromatic N) is 2. The van der Waals surface area contributed by atoms with Crippen molar-refractivity contribution in [2.45, 2.75) is 37.3 Å². The zero-order chi connectivity index (χ0) is 33.7. The number of phenolic OH excluding ortho intramolecular Hbond substituents is 1. The van der Waals surface area contributed by atoms with Crippen molar-refractivity contribution in [3.8, 4) is 16.9 Å². The molecule has 3 aliphatic rings. The summed E-state index contributed by atoms with van der Waals surface area (Å²) < 4.78 is 0. The summed E-state index contributed by atoms with van der Waals surface area (Å²) in [6, 6.07) is 8.84. The molecule has 3 aliphatic carbocycles. The summed E-state index contributed by atoms with van der Waals surface area (Å²) in [5.74, 6) is -7.28. The van der Waals surface area contributed by atoms with Crippen LogP contribution in [-0.4, -0.2) is 107 Å². The Morgan fingerprint density at radius 2 is 1.76 bits per heavy atom. The van der Waals surface area contributed by atoms with Gasteiger partial charge < -0.3 is 36.4 Å². The number of nitrogens with two attached hydrogens (primary N) is 1. The van der Waals surface area contributed by atoms with Crippen LogP contribution in [0.2, 0.25) is 0 Å². The van der Waals surface area contributed by atoms with Crippen LogP contribution in [0.15, 0.2) is 53.3 Å². The van der Waals surface area contributed by atoms with E-state index in [0.717, 1.165) is 19.4 Å². The average Bonchev–Trinajstić information content (AvgIpc) is 2.98. The number of rotatable bonds is 9. The summed E-state index contributed by atoms with van der Waals surface area (Å²) >= 11 is 0. The van der Waals surface area contributed by atoms with Gasteiger partial charge in [0.15, 0.2) is 11.4 Å². The molecular formula is C34H40N4O8. The maximum absolute atomic E-state index is 14.1. The van der Waals surface area contributed by atoms with Gasteiger partial charge in [0.1, 0.15) is 22.8 Å². The Morgan fingerprint density at radius 3 is 2.41 bits per heavy atom. The molecule has 5 rings (SSSR count). The predicted molar refractivity (Wildman–Crippen MR) is 170 cm³/mol. The normalized spacial score (nSPS) is 24.2. The van der Waals surface area contributed by atoms with Gasteiger partial charge in [-0.3, -0.25) is 24.1 Å². The number of nitrogens with one attached hydrogen (secondary N) is 1. The van der Waals surface area contributed by atoms with Crippen LogP contribution in [-0.2, 0) is 20.8 Å². The average molecular weight is 633 g/mol. The molecule has 0 spiro atoms. The molecule has 2 aromatic rings. The van der Waals surface area contributed by atoms with E-state index in [0.29, 0.717) is 28.8 Å². The second-order valence-electron chi connectivity index (χ2n) is 12.8. The first-order chi connectivity index (χ1) is 21.7. The Morgan fingerprint density at radius 1 is 1.04 bits per heavy atom. The van der Waals surface area contributed by atoms with Crippen LogP contribution in [0, 0.1) is 11.8 Å². The predicted octanol–water partition coefficient (Wildman–Crippen LogP) is 1.70. The number of carbonyl (C=O) groups excluding carboxylic acids is 4. The third kappa shape index (κ3) is 5.36. The van der Waals surface area contributed by atoms with Gasteiger partial charge in [0.2, 0.25) is 5.78 Å². The van der Waals surface area contributed by atoms with Crippen LogP contribution in [0.4, 0.5) is 0 Å². The largest absolute Gasteiger partial charge is 0.508 e. The summed E-state index contributed by atoms with van der Waals surface area (Å²) in [7, 11) is 7.09. The summed E-state index contributed by atoms with van der Waals surface area (Å²) in [6.07, 6.45) is 1.90. The number of hydrogen-bond acceptors (Lipinski definition) is 10. The number of primary amides is 1. The SMILES string of the molecule is CN(C)CCCCNC(=O)c1cccc(-c2ccc(O)c3c2C[C@H]2C[C@H]4C(N(C)C)C(=O)C(C(N)=O)=C(O)[C@@]4(O)C(=O)C2=C3O)c1. The number of fused-ring (bicyclic) bond motifs is 3. The molecule has 0 bridgehead atoms. The molecule has 244 valence electrons. The number of Topliss-reactive ketones (excluding diaryl/α,β-unsaturated/α-hetero) is 2. The Labute approximate surface area is 266 Å². The van der Waals surface area contributed by atoms with Gasteiger partial charge in [-0.15, -0.1) is 0 Å². The third-order valence-electron chi connectivity index (χ3n) is 9.36. The topological polar surface area (TPSA) is 194 Å². The van der Waals surface area contributed by atoms with Crippen molar-refractivity contribution in [1.82, 2.24) is 15.1 Å². The Hall–Kier alpha value is -4.52. The van der Waals surface area contributed by atoms with Crippen molar-refractivity contribution >= 4 is 29.1 Å². The second-order valence-corrected chi connectivity index (χ2v) is 12.8. The Balaban J connectivity index is 1.55. The number of phenols is 1. The molecule has 12 heteroatoms. The van der Waals surface area contributed by atoms with Gasteiger partial charge in [-0.05, 0) is 101 Å². The van der Waals surface area contributed by atoms with Crippen LogP contribution in [0.5, 0.6) is 5.75 Å². The summed E-state index contributed by atoms with van der Waals surface area (Å²) in [5, 5.41) is 48.2. The van der Waals surface area contributed by atoms with E-state index in [1.165, 1.54) is 11.0 Å². The highest BCUT2D eigenvalue weighted by Crippen LogP contribution is 2.53. The molecule has 0 heterocycles. The van der Waals surface area contributed by atoms with Crippen LogP contribution < -0.4 is 11.1 Å². The quantitative estimate of drug-likeness (QED) is 0.175. The molecule has 1 fully saturated rings. The number of ketones is 2. The van der Waals surface area contributed by atoms with E-state index in [4.69, 9.17) is 5.73 Å². The van der Waals surface area contributed by atoms with Crippen molar-refractivity contribution in [2.24, 2.45) is 17.6 Å². The lowest BCUT2D eigenvalue weighted by Gasteiger charge is -2.50. The first-order valence-electron chi connectivity index (χ1n) is 15.2. The molecule has 4 atom stereocenters. The van der Waals surface area contributed by atoms with Crippen molar-refractivity contribution in [1.29, 1.82) is 0 Å². The van der Waals surface area contributed by atoms with Gasteiger partial charge in [0.25, 0.3) is 11.8 Å². The Kier molecular flexibility index (Phi) is 8.82. The van der Waals surface area contributed by atoms with E-state index in [2.05, 4.69) is 10.2 Å². The van der Waals surface area contributed by atoms with Crippen LogP contribution in [0.25, 0.3) is 16.9 Å². The standard InChI is InChI=1S/C34H40N4O8/c1-37(2)13-6-5-12-36-33(45)18-9-7-8-17(14-18)20-10-11-23(39)25-21(20)15-19-16-22-27(38(3)4)29(41)26(32(35)44)31(43)34(22,46)30(42)24(19)28(25)40/h7-11,14,19,22,27,39-40,43,46H,5-6,12-13,15-16H2,1-4H3,(H2,35,44)(H,36,45)/t19-,22-,27?,34-/m0/s1. The van der Waals surface area contributed by atoms with Gasteiger partial charge in [-0.25, -0.2) is 0 Å². The van der Waals surface area contributed by atoms with Gasteiger partial charge >= 0.3 is 0 Å². The molecule has 12 nitrogen and oxygen atoms in total. The number of likely N-dealkylation sites (N-methyl/N-ethyl adjacent to an activating group) is 1. The third-order valence-corrected chi connectivity index (χ3v) is 9.36. The fourth-order valence-electron chi connectivity index (χ4n) is 7.20. The lowest BCUT2D eigenvalue weighted by atomic mass is 9.57. The molecule has 46 heavy (non-hydrogen) atoms. The molecule has 2 aromatic carbocycles. The zero-order valence-corrected chi connectivity index (χ0v) is 26.3. The fraction of sp³-hybridized carbons (Fsp3) is 0.412. The minimum atomic E-state index is -2.70. The summed E-state index contributed by atoms with van der Waals surface area (Å²) in [5.41, 5.74) is 3.82. The number of carbonyl (C=O) groups is 4. The molecule has 1 saturated carbocycles. The monoisotopic (exact) mass is 632 g/mol. The number of amides is 2. The Bertz CT molecular complexity index is 1690. The highest BCUT2D eigenvalue weighted by molar-refractivity contribution is 6.24. The molecule has 0 aliphatic heterocycles. The minimum absolute atomic E-state index is 0.00969. The fourth-order valence-corrected chi connectivity index (χ4v) is 7.20. The molecule has 0 aromatic heterocycles. The van der Waals surface area contributed by atoms with E-state index in [9.17, 15) is 39.6 Å². The van der Waals surface area contributed by atoms with Crippen LogP contribution in [0.3, 0.4) is 0 Å². The van der Waals surface area contributed by atoms with E-state index in [1.54, 1.807) is 44.4 Å². The number of aliphatic hydroxyl groups excluding tert-OH is 2. The molecule has 7 N–H and O–H groups in total. The number of aromatic hydroxyl groups is 1. The summed E-state index contributed by atoms with van der Waals surface area (Å²) in [6.45, 7) is 1.45. The second kappa shape index (κ2) is 12.3. The van der Waals surface area contributed by atoms with Gasteiger partial charge in [-0.2, -0.15) is 0 Å². The van der Waals surface area contributed by atoms with Gasteiger partial charge in [0, 0.05) is 23.6 Å². The van der Waals surface area contributed by atoms with Crippen LogP contribution in [0.1, 0.15) is 40.7 Å². The number of hydrogen-bond donors (Lipinski definition) is 6. The van der Waals surface area contributed by atoms with Gasteiger partial charge in [0.05, 0.1) is 11.6 Å². The minimum Gasteiger partial charge on any atom is -0.508 e. The van der Waals surface area contributed by atoms with Crippen molar-refractivity contribution in [3.63, 3.8) is 0 Å². The number of aliphatic hydroxyl groups is 3. The smallest absolute Gasteiger partial charge is 0.255 e. The first kappa shape index (κ1) is 32.9. The highest BCUT2D eigenvalue weighted by atomic mass is 16.3. The summed E-state index contributed by atoms with van der Waals surface area (Å²) in [4.78, 5) is 56.1. The van der Waals surface area contributed by atoms with E-state index in [1.807, 2.05) is 14.1 Å². The van der Waals surface area contributed by atoms with Crippen LogP contribution >= 0.6 is 0 Å². The van der Waals surface area contributed by atoms with Crippen molar-refractivity contribution in [3.05, 3.63) is 70.0 Å². The lowest BCUT2D eigenvalue weighted by Crippen LogP contribution is -2.65. The lowest BCUT2D eigenvalue weighted by molar-refractivity contribution is -0.153. The number of unbranched alkanes of at least 4 members (excludes halogenated alkanes) is 1.